The van der Waals surface area contributed by atoms with Crippen LogP contribution in [0.25, 0.3) is 56.0 Å². The zero-order valence-corrected chi connectivity index (χ0v) is 25.8. The molecule has 0 N–H and O–H groups in total. The number of benzene rings is 4. The lowest BCUT2D eigenvalue weighted by molar-refractivity contribution is 1.03. The molecule has 3 heterocycles. The Bertz CT molecular complexity index is 2310. The maximum absolute atomic E-state index is 5.19. The molecule has 0 amide bonds. The zero-order valence-electron chi connectivity index (χ0n) is 25.8. The van der Waals surface area contributed by atoms with Gasteiger partial charge in [-0.2, -0.15) is 0 Å². The van der Waals surface area contributed by atoms with Crippen molar-refractivity contribution in [2.24, 2.45) is 0 Å². The predicted molar refractivity (Wildman–Crippen MR) is 192 cm³/mol. The molecule has 0 atom stereocenters. The van der Waals surface area contributed by atoms with Gasteiger partial charge in [0.15, 0.2) is 11.6 Å². The van der Waals surface area contributed by atoms with Crippen molar-refractivity contribution in [2.45, 2.75) is 25.7 Å². The van der Waals surface area contributed by atoms with E-state index in [0.717, 1.165) is 104 Å². The number of fused-ring (bicyclic) bond motifs is 2. The van der Waals surface area contributed by atoms with Gasteiger partial charge in [-0.15, -0.1) is 0 Å². The van der Waals surface area contributed by atoms with Gasteiger partial charge < -0.3 is 4.90 Å². The molecule has 0 radical (unpaired) electrons. The highest BCUT2D eigenvalue weighted by Gasteiger charge is 2.28. The second kappa shape index (κ2) is 11.5. The molecule has 0 saturated carbocycles. The number of nitrogens with zero attached hydrogens (tertiary/aromatic N) is 5. The van der Waals surface area contributed by atoms with Crippen LogP contribution in [0.1, 0.15) is 37.2 Å². The first-order valence-corrected chi connectivity index (χ1v) is 16.3. The van der Waals surface area contributed by atoms with Crippen LogP contribution in [-0.4, -0.2) is 19.9 Å². The number of hydrogen-bond acceptors (Lipinski definition) is 5. The lowest BCUT2D eigenvalue weighted by atomic mass is 9.95. The van der Waals surface area contributed by atoms with E-state index in [1.54, 1.807) is 0 Å². The van der Waals surface area contributed by atoms with Crippen molar-refractivity contribution < 1.29 is 0 Å². The largest absolute Gasteiger partial charge is 0.309 e. The Kier molecular flexibility index (Phi) is 6.67. The van der Waals surface area contributed by atoms with Crippen LogP contribution in [0.3, 0.4) is 0 Å². The number of aromatic nitrogens is 4. The lowest BCUT2D eigenvalue weighted by Crippen LogP contribution is -2.16. The average Bonchev–Trinajstić information content (AvgIpc) is 3.16. The summed E-state index contributed by atoms with van der Waals surface area (Å²) in [5.74, 6) is 1.48. The monoisotopic (exact) mass is 605 g/mol. The molecule has 0 fully saturated rings. The second-order valence-corrected chi connectivity index (χ2v) is 12.1. The van der Waals surface area contributed by atoms with Crippen LogP contribution >= 0.6 is 0 Å². The van der Waals surface area contributed by atoms with E-state index in [1.807, 2.05) is 6.07 Å². The van der Waals surface area contributed by atoms with Crippen LogP contribution in [-0.2, 0) is 0 Å². The van der Waals surface area contributed by atoms with Crippen molar-refractivity contribution in [1.29, 1.82) is 0 Å². The van der Waals surface area contributed by atoms with E-state index in [9.17, 15) is 0 Å². The summed E-state index contributed by atoms with van der Waals surface area (Å²) >= 11 is 0. The van der Waals surface area contributed by atoms with Gasteiger partial charge in [0.2, 0.25) is 0 Å². The number of para-hydroxylation sites is 1. The summed E-state index contributed by atoms with van der Waals surface area (Å²) in [4.78, 5) is 22.8. The van der Waals surface area contributed by atoms with Gasteiger partial charge in [0.05, 0.1) is 39.4 Å². The van der Waals surface area contributed by atoms with Gasteiger partial charge in [-0.3, -0.25) is 0 Å². The SMILES string of the molecule is C1=CC(c2cc(-c3ccccc3)nc(-c3cccc(N4c5ccccc5-c5nc(C6=CCCC=C6)nc6cccc4c56)c3)n2)=CCC1. The van der Waals surface area contributed by atoms with Crippen LogP contribution in [0.15, 0.2) is 140 Å². The molecule has 2 aromatic heterocycles. The standard InChI is InChI=1S/C42H31N5/c1-4-14-28(15-5-1)35-27-36(29-16-6-2-7-17-29)45-42(44-35)31-20-12-21-32(26-31)47-37-24-11-10-22-33(37)40-39-34(23-13-25-38(39)47)43-41(46-40)30-18-8-3-9-19-30/h1,4-6,8,10-27H,2-3,7,9H2. The van der Waals surface area contributed by atoms with E-state index in [2.05, 4.69) is 138 Å². The van der Waals surface area contributed by atoms with Crippen molar-refractivity contribution in [1.82, 2.24) is 19.9 Å². The molecule has 5 heteroatoms. The molecule has 2 aliphatic carbocycles. The smallest absolute Gasteiger partial charge is 0.160 e. The van der Waals surface area contributed by atoms with Gasteiger partial charge >= 0.3 is 0 Å². The van der Waals surface area contributed by atoms with Crippen LogP contribution in [0.5, 0.6) is 0 Å². The number of allylic oxidation sites excluding steroid dienone is 8. The Labute approximate surface area is 274 Å². The Morgan fingerprint density at radius 1 is 0.511 bits per heavy atom. The Hall–Kier alpha value is -5.94. The first kappa shape index (κ1) is 27.4. The van der Waals surface area contributed by atoms with Crippen molar-refractivity contribution in [3.8, 4) is 33.9 Å². The van der Waals surface area contributed by atoms with Crippen molar-refractivity contribution in [2.75, 3.05) is 4.90 Å². The molecular weight excluding hydrogens is 574 g/mol. The Morgan fingerprint density at radius 3 is 2.06 bits per heavy atom. The normalized spacial score (nSPS) is 14.9. The van der Waals surface area contributed by atoms with Gasteiger partial charge in [0, 0.05) is 28.0 Å². The molecule has 0 spiro atoms. The van der Waals surface area contributed by atoms with E-state index >= 15 is 0 Å². The summed E-state index contributed by atoms with van der Waals surface area (Å²) < 4.78 is 0. The van der Waals surface area contributed by atoms with Crippen molar-refractivity contribution >= 4 is 39.1 Å². The minimum atomic E-state index is 0.703. The van der Waals surface area contributed by atoms with Crippen LogP contribution in [0.2, 0.25) is 0 Å². The summed E-state index contributed by atoms with van der Waals surface area (Å²) in [5, 5.41) is 1.06. The average molecular weight is 606 g/mol. The van der Waals surface area contributed by atoms with Gasteiger partial charge in [-0.05, 0) is 67.7 Å². The summed E-state index contributed by atoms with van der Waals surface area (Å²) in [6.07, 6.45) is 17.4. The summed E-state index contributed by atoms with van der Waals surface area (Å²) in [6.45, 7) is 0. The fraction of sp³-hybridized carbons (Fsp3) is 0.0952. The van der Waals surface area contributed by atoms with Gasteiger partial charge in [-0.1, -0.05) is 103 Å². The highest BCUT2D eigenvalue weighted by molar-refractivity contribution is 6.11. The molecular formula is C42H31N5. The molecule has 5 nitrogen and oxygen atoms in total. The number of hydrogen-bond donors (Lipinski definition) is 0. The summed E-state index contributed by atoms with van der Waals surface area (Å²) in [7, 11) is 0. The molecule has 4 aromatic carbocycles. The molecule has 0 unspecified atom stereocenters. The first-order valence-electron chi connectivity index (χ1n) is 16.3. The molecule has 47 heavy (non-hydrogen) atoms. The minimum absolute atomic E-state index is 0.703. The quantitative estimate of drug-likeness (QED) is 0.195. The fourth-order valence-electron chi connectivity index (χ4n) is 6.80. The van der Waals surface area contributed by atoms with E-state index in [-0.39, 0.29) is 0 Å². The molecule has 1 aliphatic heterocycles. The molecule has 6 aromatic rings. The van der Waals surface area contributed by atoms with Crippen molar-refractivity contribution in [3.63, 3.8) is 0 Å². The Balaban J connectivity index is 1.21. The highest BCUT2D eigenvalue weighted by atomic mass is 15.2. The van der Waals surface area contributed by atoms with E-state index in [4.69, 9.17) is 19.9 Å². The maximum atomic E-state index is 5.19. The number of rotatable bonds is 5. The highest BCUT2D eigenvalue weighted by Crippen LogP contribution is 2.50. The third-order valence-corrected chi connectivity index (χ3v) is 9.04. The minimum Gasteiger partial charge on any atom is -0.309 e. The third kappa shape index (κ3) is 4.88. The topological polar surface area (TPSA) is 54.8 Å². The third-order valence-electron chi connectivity index (χ3n) is 9.04. The zero-order chi connectivity index (χ0) is 31.2. The van der Waals surface area contributed by atoms with E-state index < -0.39 is 0 Å². The van der Waals surface area contributed by atoms with E-state index in [1.165, 1.54) is 0 Å². The maximum Gasteiger partial charge on any atom is 0.160 e. The molecule has 0 bridgehead atoms. The second-order valence-electron chi connectivity index (χ2n) is 12.1. The van der Waals surface area contributed by atoms with Gasteiger partial charge in [0.25, 0.3) is 0 Å². The van der Waals surface area contributed by atoms with Crippen molar-refractivity contribution in [3.05, 3.63) is 151 Å². The van der Waals surface area contributed by atoms with Gasteiger partial charge in [-0.25, -0.2) is 19.9 Å². The molecule has 9 rings (SSSR count). The summed E-state index contributed by atoms with van der Waals surface area (Å²) in [5.41, 5.74) is 12.3. The predicted octanol–water partition coefficient (Wildman–Crippen LogP) is 10.7. The Morgan fingerprint density at radius 2 is 1.23 bits per heavy atom. The lowest BCUT2D eigenvalue weighted by Gasteiger charge is -2.33. The van der Waals surface area contributed by atoms with Crippen LogP contribution < -0.4 is 4.90 Å². The first-order chi connectivity index (χ1) is 23.3. The molecule has 3 aliphatic rings. The molecule has 224 valence electrons. The van der Waals surface area contributed by atoms with Crippen LogP contribution in [0.4, 0.5) is 17.1 Å². The van der Waals surface area contributed by atoms with Crippen LogP contribution in [0, 0.1) is 0 Å². The fourth-order valence-corrected chi connectivity index (χ4v) is 6.80. The van der Waals surface area contributed by atoms with E-state index in [0.29, 0.717) is 5.82 Å². The van der Waals surface area contributed by atoms with Gasteiger partial charge in [0.1, 0.15) is 0 Å². The number of anilines is 3. The summed E-state index contributed by atoms with van der Waals surface area (Å²) in [6, 6.07) is 35.9. The molecule has 0 saturated heterocycles.